The largest absolute Gasteiger partial charge is 0.507 e. The minimum atomic E-state index is -0.239. The highest BCUT2D eigenvalue weighted by atomic mass is 35.5. The smallest absolute Gasteiger partial charge is 0.258 e. The summed E-state index contributed by atoms with van der Waals surface area (Å²) in [6.45, 7) is 1.65. The van der Waals surface area contributed by atoms with Gasteiger partial charge in [0.15, 0.2) is 0 Å². The number of nitrogens with zero attached hydrogens (tertiary/aromatic N) is 2. The van der Waals surface area contributed by atoms with Crippen molar-refractivity contribution in [2.75, 3.05) is 13.2 Å². The maximum Gasteiger partial charge on any atom is 0.258 e. The first-order chi connectivity index (χ1) is 11.6. The molecule has 2 aromatic rings. The Kier molecular flexibility index (Phi) is 5.33. The van der Waals surface area contributed by atoms with Gasteiger partial charge in [0, 0.05) is 37.1 Å². The van der Waals surface area contributed by atoms with E-state index in [1.807, 2.05) is 12.1 Å². The molecule has 3 rings (SSSR count). The van der Waals surface area contributed by atoms with Crippen LogP contribution in [0.3, 0.4) is 0 Å². The van der Waals surface area contributed by atoms with Crippen LogP contribution in [0.4, 0.5) is 0 Å². The third-order valence-corrected chi connectivity index (χ3v) is 4.28. The third kappa shape index (κ3) is 4.04. The number of aromatic hydroxyl groups is 1. The molecule has 0 bridgehead atoms. The summed E-state index contributed by atoms with van der Waals surface area (Å²) in [6.07, 6.45) is 5.37. The van der Waals surface area contributed by atoms with E-state index in [2.05, 4.69) is 4.98 Å². The highest BCUT2D eigenvalue weighted by Gasteiger charge is 2.25. The second kappa shape index (κ2) is 7.64. The molecule has 0 aliphatic carbocycles. The van der Waals surface area contributed by atoms with Crippen LogP contribution in [0.15, 0.2) is 42.7 Å². The molecule has 24 heavy (non-hydrogen) atoms. The van der Waals surface area contributed by atoms with Crippen molar-refractivity contribution in [3.05, 3.63) is 58.9 Å². The molecule has 1 saturated heterocycles. The van der Waals surface area contributed by atoms with Crippen LogP contribution < -0.4 is 0 Å². The van der Waals surface area contributed by atoms with E-state index in [1.54, 1.807) is 29.4 Å². The van der Waals surface area contributed by atoms with Crippen LogP contribution in [0.5, 0.6) is 5.75 Å². The number of carbonyl (C=O) groups is 1. The molecule has 1 aromatic carbocycles. The Labute approximate surface area is 145 Å². The Balaban J connectivity index is 1.83. The highest BCUT2D eigenvalue weighted by molar-refractivity contribution is 6.30. The summed E-state index contributed by atoms with van der Waals surface area (Å²) < 4.78 is 5.67. The van der Waals surface area contributed by atoms with Crippen molar-refractivity contribution < 1.29 is 14.6 Å². The number of aromatic nitrogens is 1. The standard InChI is InChI=1S/C18H19ClN2O3/c19-14-3-4-16(17(22)10-14)18(23)21(12-15-2-1-9-24-15)11-13-5-7-20-8-6-13/h3-8,10,15,22H,1-2,9,11-12H2/t15-/m0/s1. The predicted octanol–water partition coefficient (Wildman–Crippen LogP) is 3.26. The summed E-state index contributed by atoms with van der Waals surface area (Å²) in [4.78, 5) is 18.6. The number of hydrogen-bond donors (Lipinski definition) is 1. The minimum absolute atomic E-state index is 0.0326. The van der Waals surface area contributed by atoms with Crippen molar-refractivity contribution in [1.82, 2.24) is 9.88 Å². The molecular formula is C18H19ClN2O3. The van der Waals surface area contributed by atoms with E-state index >= 15 is 0 Å². The molecule has 0 saturated carbocycles. The number of phenolic OH excluding ortho intramolecular Hbond substituents is 1. The van der Waals surface area contributed by atoms with Gasteiger partial charge in [-0.15, -0.1) is 0 Å². The summed E-state index contributed by atoms with van der Waals surface area (Å²) in [5, 5.41) is 10.5. The van der Waals surface area contributed by atoms with Gasteiger partial charge >= 0.3 is 0 Å². The van der Waals surface area contributed by atoms with E-state index in [0.717, 1.165) is 25.0 Å². The second-order valence-corrected chi connectivity index (χ2v) is 6.27. The van der Waals surface area contributed by atoms with Crippen molar-refractivity contribution in [3.8, 4) is 5.75 Å². The van der Waals surface area contributed by atoms with E-state index in [4.69, 9.17) is 16.3 Å². The number of pyridine rings is 1. The third-order valence-electron chi connectivity index (χ3n) is 4.05. The number of carbonyl (C=O) groups excluding carboxylic acids is 1. The van der Waals surface area contributed by atoms with Crippen LogP contribution >= 0.6 is 11.6 Å². The summed E-state index contributed by atoms with van der Waals surface area (Å²) in [5.74, 6) is -0.351. The average Bonchev–Trinajstić information content (AvgIpc) is 3.08. The normalized spacial score (nSPS) is 17.0. The fourth-order valence-electron chi connectivity index (χ4n) is 2.82. The van der Waals surface area contributed by atoms with Gasteiger partial charge in [-0.05, 0) is 48.7 Å². The first kappa shape index (κ1) is 16.7. The second-order valence-electron chi connectivity index (χ2n) is 5.84. The van der Waals surface area contributed by atoms with Gasteiger partial charge in [0.05, 0.1) is 11.7 Å². The molecule has 6 heteroatoms. The van der Waals surface area contributed by atoms with Crippen LogP contribution in [0.25, 0.3) is 0 Å². The Hall–Kier alpha value is -2.11. The zero-order valence-corrected chi connectivity index (χ0v) is 13.9. The average molecular weight is 347 g/mol. The summed E-state index contributed by atoms with van der Waals surface area (Å²) in [6, 6.07) is 8.28. The molecule has 0 unspecified atom stereocenters. The molecule has 0 radical (unpaired) electrons. The molecule has 126 valence electrons. The molecule has 1 atom stereocenters. The zero-order chi connectivity index (χ0) is 16.9. The zero-order valence-electron chi connectivity index (χ0n) is 13.2. The highest BCUT2D eigenvalue weighted by Crippen LogP contribution is 2.25. The Morgan fingerprint density at radius 1 is 1.33 bits per heavy atom. The van der Waals surface area contributed by atoms with E-state index in [-0.39, 0.29) is 23.3 Å². The van der Waals surface area contributed by atoms with Crippen LogP contribution in [0.1, 0.15) is 28.8 Å². The molecule has 1 fully saturated rings. The fraction of sp³-hybridized carbons (Fsp3) is 0.333. The number of rotatable bonds is 5. The Morgan fingerprint density at radius 2 is 2.12 bits per heavy atom. The molecule has 5 nitrogen and oxygen atoms in total. The monoisotopic (exact) mass is 346 g/mol. The minimum Gasteiger partial charge on any atom is -0.507 e. The number of hydrogen-bond acceptors (Lipinski definition) is 4. The van der Waals surface area contributed by atoms with Crippen molar-refractivity contribution in [2.45, 2.75) is 25.5 Å². The van der Waals surface area contributed by atoms with Gasteiger partial charge in [-0.1, -0.05) is 11.6 Å². The SMILES string of the molecule is O=C(c1ccc(Cl)cc1O)N(Cc1ccncc1)C[C@@H]1CCCO1. The summed E-state index contributed by atoms with van der Waals surface area (Å²) in [7, 11) is 0. The molecule has 1 aliphatic rings. The van der Waals surface area contributed by atoms with Gasteiger partial charge < -0.3 is 14.7 Å². The fourth-order valence-corrected chi connectivity index (χ4v) is 2.98. The predicted molar refractivity (Wildman–Crippen MR) is 91.1 cm³/mol. The van der Waals surface area contributed by atoms with Gasteiger partial charge in [0.1, 0.15) is 5.75 Å². The Bertz CT molecular complexity index is 703. The number of amides is 1. The first-order valence-corrected chi connectivity index (χ1v) is 8.29. The molecule has 1 N–H and O–H groups in total. The van der Waals surface area contributed by atoms with Gasteiger partial charge in [-0.25, -0.2) is 0 Å². The Morgan fingerprint density at radius 3 is 2.79 bits per heavy atom. The maximum absolute atomic E-state index is 12.9. The van der Waals surface area contributed by atoms with Gasteiger partial charge in [0.2, 0.25) is 0 Å². The molecule has 0 spiro atoms. The summed E-state index contributed by atoms with van der Waals surface area (Å²) in [5.41, 5.74) is 1.22. The van der Waals surface area contributed by atoms with Crippen LogP contribution in [-0.2, 0) is 11.3 Å². The van der Waals surface area contributed by atoms with Crippen molar-refractivity contribution in [3.63, 3.8) is 0 Å². The first-order valence-electron chi connectivity index (χ1n) is 7.92. The summed E-state index contributed by atoms with van der Waals surface area (Å²) >= 11 is 5.86. The van der Waals surface area contributed by atoms with Gasteiger partial charge in [-0.2, -0.15) is 0 Å². The van der Waals surface area contributed by atoms with Crippen LogP contribution in [0.2, 0.25) is 5.02 Å². The van der Waals surface area contributed by atoms with Crippen molar-refractivity contribution in [1.29, 1.82) is 0 Å². The quantitative estimate of drug-likeness (QED) is 0.902. The lowest BCUT2D eigenvalue weighted by atomic mass is 10.1. The lowest BCUT2D eigenvalue weighted by Crippen LogP contribution is -2.37. The molecule has 1 amide bonds. The number of ether oxygens (including phenoxy) is 1. The maximum atomic E-state index is 12.9. The molecule has 2 heterocycles. The van der Waals surface area contributed by atoms with Crippen LogP contribution in [-0.4, -0.2) is 40.2 Å². The van der Waals surface area contributed by atoms with Gasteiger partial charge in [0.25, 0.3) is 5.91 Å². The topological polar surface area (TPSA) is 62.7 Å². The van der Waals surface area contributed by atoms with E-state index in [1.165, 1.54) is 6.07 Å². The van der Waals surface area contributed by atoms with Crippen LogP contribution in [0, 0.1) is 0 Å². The van der Waals surface area contributed by atoms with E-state index in [9.17, 15) is 9.90 Å². The molecule has 1 aliphatic heterocycles. The number of halogens is 1. The van der Waals surface area contributed by atoms with Crippen molar-refractivity contribution in [2.24, 2.45) is 0 Å². The number of phenols is 1. The lowest BCUT2D eigenvalue weighted by Gasteiger charge is -2.26. The van der Waals surface area contributed by atoms with Gasteiger partial charge in [-0.3, -0.25) is 9.78 Å². The molecular weight excluding hydrogens is 328 g/mol. The number of benzene rings is 1. The van der Waals surface area contributed by atoms with E-state index in [0.29, 0.717) is 18.1 Å². The lowest BCUT2D eigenvalue weighted by molar-refractivity contribution is 0.0505. The molecule has 1 aromatic heterocycles. The van der Waals surface area contributed by atoms with Crippen molar-refractivity contribution >= 4 is 17.5 Å². The van der Waals surface area contributed by atoms with E-state index < -0.39 is 0 Å².